The van der Waals surface area contributed by atoms with Crippen molar-refractivity contribution >= 4 is 38.7 Å². The second-order valence-electron chi connectivity index (χ2n) is 4.78. The van der Waals surface area contributed by atoms with Gasteiger partial charge in [-0.15, -0.1) is 0 Å². The number of ether oxygens (including phenoxy) is 1. The zero-order chi connectivity index (χ0) is 16.2. The van der Waals surface area contributed by atoms with Crippen LogP contribution in [-0.4, -0.2) is 22.5 Å². The number of hydrogen-bond donors (Lipinski definition) is 1. The van der Waals surface area contributed by atoms with E-state index >= 15 is 0 Å². The van der Waals surface area contributed by atoms with E-state index in [4.69, 9.17) is 4.74 Å². The summed E-state index contributed by atoms with van der Waals surface area (Å²) in [6.45, 7) is 2.42. The Hall–Kier alpha value is -2.47. The van der Waals surface area contributed by atoms with Gasteiger partial charge in [0.2, 0.25) is 0 Å². The first-order chi connectivity index (χ1) is 11.2. The van der Waals surface area contributed by atoms with E-state index < -0.39 is 0 Å². The topological polar surface area (TPSA) is 64.1 Å². The van der Waals surface area contributed by atoms with Crippen LogP contribution in [0, 0.1) is 0 Å². The molecule has 0 bridgehead atoms. The number of aromatic nitrogens is 2. The number of rotatable bonds is 4. The zero-order valence-corrected chi connectivity index (χ0v) is 14.0. The number of nitrogens with zero attached hydrogens (tertiary/aromatic N) is 2. The molecule has 0 fully saturated rings. The Morgan fingerprint density at radius 3 is 2.96 bits per heavy atom. The molecule has 6 heteroatoms. The normalized spacial score (nSPS) is 10.5. The van der Waals surface area contributed by atoms with E-state index in [1.807, 2.05) is 25.1 Å². The highest BCUT2D eigenvalue weighted by Gasteiger charge is 2.11. The van der Waals surface area contributed by atoms with Crippen LogP contribution in [0.3, 0.4) is 0 Å². The quantitative estimate of drug-likeness (QED) is 0.751. The van der Waals surface area contributed by atoms with Crippen molar-refractivity contribution in [3.05, 3.63) is 58.7 Å². The molecule has 0 aliphatic heterocycles. The van der Waals surface area contributed by atoms with Crippen molar-refractivity contribution in [3.8, 4) is 5.75 Å². The number of halogens is 1. The van der Waals surface area contributed by atoms with Crippen molar-refractivity contribution < 1.29 is 9.53 Å². The lowest BCUT2D eigenvalue weighted by atomic mass is 10.2. The summed E-state index contributed by atoms with van der Waals surface area (Å²) in [5.41, 5.74) is 1.09. The minimum absolute atomic E-state index is 0.249. The highest BCUT2D eigenvalue weighted by molar-refractivity contribution is 9.10. The van der Waals surface area contributed by atoms with Crippen LogP contribution in [0.4, 0.5) is 5.82 Å². The first-order valence-electron chi connectivity index (χ1n) is 7.13. The average molecular weight is 372 g/mol. The van der Waals surface area contributed by atoms with Crippen molar-refractivity contribution in [1.82, 2.24) is 9.97 Å². The fourth-order valence-electron chi connectivity index (χ4n) is 2.12. The molecule has 0 saturated carbocycles. The van der Waals surface area contributed by atoms with Gasteiger partial charge in [-0.05, 0) is 65.3 Å². The average Bonchev–Trinajstić information content (AvgIpc) is 2.57. The third-order valence-corrected chi connectivity index (χ3v) is 3.85. The van der Waals surface area contributed by atoms with E-state index in [0.717, 1.165) is 9.86 Å². The summed E-state index contributed by atoms with van der Waals surface area (Å²) in [7, 11) is 0. The van der Waals surface area contributed by atoms with Crippen molar-refractivity contribution in [3.63, 3.8) is 0 Å². The fraction of sp³-hybridized carbons (Fsp3) is 0.118. The maximum absolute atomic E-state index is 12.4. The van der Waals surface area contributed by atoms with E-state index in [2.05, 4.69) is 31.2 Å². The van der Waals surface area contributed by atoms with Gasteiger partial charge in [-0.2, -0.15) is 0 Å². The molecule has 1 aromatic carbocycles. The van der Waals surface area contributed by atoms with Crippen LogP contribution in [0.5, 0.6) is 5.75 Å². The summed E-state index contributed by atoms with van der Waals surface area (Å²) >= 11 is 3.40. The van der Waals surface area contributed by atoms with Crippen LogP contribution in [0.1, 0.15) is 17.3 Å². The summed E-state index contributed by atoms with van der Waals surface area (Å²) < 4.78 is 6.29. The second-order valence-corrected chi connectivity index (χ2v) is 5.63. The minimum Gasteiger partial charge on any atom is -0.493 e. The number of fused-ring (bicyclic) bond motifs is 1. The van der Waals surface area contributed by atoms with Gasteiger partial charge in [-0.25, -0.2) is 9.97 Å². The van der Waals surface area contributed by atoms with Crippen LogP contribution in [0.25, 0.3) is 11.0 Å². The Morgan fingerprint density at radius 1 is 1.26 bits per heavy atom. The second kappa shape index (κ2) is 6.75. The van der Waals surface area contributed by atoms with E-state index in [1.54, 1.807) is 30.5 Å². The minimum atomic E-state index is -0.249. The summed E-state index contributed by atoms with van der Waals surface area (Å²) in [5, 5.41) is 3.70. The molecule has 0 atom stereocenters. The van der Waals surface area contributed by atoms with Gasteiger partial charge in [0.05, 0.1) is 11.1 Å². The number of carbonyl (C=O) groups excluding carboxylic acids is 1. The highest BCUT2D eigenvalue weighted by Crippen LogP contribution is 2.26. The third-order valence-electron chi connectivity index (χ3n) is 3.20. The van der Waals surface area contributed by atoms with Crippen LogP contribution < -0.4 is 10.1 Å². The summed E-state index contributed by atoms with van der Waals surface area (Å²) in [5.74, 6) is 0.844. The number of pyridine rings is 2. The van der Waals surface area contributed by atoms with Gasteiger partial charge in [-0.1, -0.05) is 0 Å². The molecule has 0 radical (unpaired) electrons. The summed E-state index contributed by atoms with van der Waals surface area (Å²) in [6.07, 6.45) is 1.67. The third kappa shape index (κ3) is 3.48. The molecule has 23 heavy (non-hydrogen) atoms. The maximum Gasteiger partial charge on any atom is 0.256 e. The largest absolute Gasteiger partial charge is 0.493 e. The van der Waals surface area contributed by atoms with E-state index in [9.17, 15) is 4.79 Å². The van der Waals surface area contributed by atoms with E-state index in [0.29, 0.717) is 29.4 Å². The first-order valence-corrected chi connectivity index (χ1v) is 7.92. The Labute approximate surface area is 141 Å². The molecule has 2 aromatic heterocycles. The summed E-state index contributed by atoms with van der Waals surface area (Å²) in [4.78, 5) is 20.9. The number of anilines is 1. The van der Waals surface area contributed by atoms with Gasteiger partial charge in [0.25, 0.3) is 5.91 Å². The van der Waals surface area contributed by atoms with Crippen LogP contribution in [-0.2, 0) is 0 Å². The van der Waals surface area contributed by atoms with Crippen molar-refractivity contribution in [2.45, 2.75) is 6.92 Å². The van der Waals surface area contributed by atoms with E-state index in [1.165, 1.54) is 0 Å². The smallest absolute Gasteiger partial charge is 0.256 e. The Bertz CT molecular complexity index is 867. The number of carbonyl (C=O) groups is 1. The fourth-order valence-corrected chi connectivity index (χ4v) is 2.48. The molecule has 1 amide bonds. The number of nitrogens with one attached hydrogen (secondary N) is 1. The highest BCUT2D eigenvalue weighted by atomic mass is 79.9. The predicted molar refractivity (Wildman–Crippen MR) is 92.8 cm³/mol. The SMILES string of the molecule is CCOc1cc(C(=O)Nc2ccc3cccnc3n2)ccc1Br. The number of benzene rings is 1. The zero-order valence-electron chi connectivity index (χ0n) is 12.4. The van der Waals surface area contributed by atoms with E-state index in [-0.39, 0.29) is 5.91 Å². The van der Waals surface area contributed by atoms with Crippen molar-refractivity contribution in [1.29, 1.82) is 0 Å². The molecule has 0 spiro atoms. The van der Waals surface area contributed by atoms with Gasteiger partial charge in [0, 0.05) is 17.1 Å². The first kappa shape index (κ1) is 15.4. The molecular weight excluding hydrogens is 358 g/mol. The molecule has 5 nitrogen and oxygen atoms in total. The molecule has 3 rings (SSSR count). The molecule has 116 valence electrons. The Kier molecular flexibility index (Phi) is 4.52. The standard InChI is InChI=1S/C17H14BrN3O2/c1-2-23-14-10-12(5-7-13(14)18)17(22)21-15-8-6-11-4-3-9-19-16(11)20-15/h3-10H,2H2,1H3,(H,19,20,21,22). The van der Waals surface area contributed by atoms with Crippen molar-refractivity contribution in [2.75, 3.05) is 11.9 Å². The van der Waals surface area contributed by atoms with Gasteiger partial charge < -0.3 is 10.1 Å². The van der Waals surface area contributed by atoms with Gasteiger partial charge in [0.1, 0.15) is 11.6 Å². The molecule has 0 aliphatic carbocycles. The lowest BCUT2D eigenvalue weighted by Gasteiger charge is -2.09. The van der Waals surface area contributed by atoms with Gasteiger partial charge in [0.15, 0.2) is 5.65 Å². The number of hydrogen-bond acceptors (Lipinski definition) is 4. The van der Waals surface area contributed by atoms with Crippen LogP contribution >= 0.6 is 15.9 Å². The monoisotopic (exact) mass is 371 g/mol. The lowest BCUT2D eigenvalue weighted by Crippen LogP contribution is -2.13. The molecule has 2 heterocycles. The molecule has 3 aromatic rings. The lowest BCUT2D eigenvalue weighted by molar-refractivity contribution is 0.102. The molecule has 0 saturated heterocycles. The molecular formula is C17H14BrN3O2. The molecule has 0 unspecified atom stereocenters. The van der Waals surface area contributed by atoms with Gasteiger partial charge >= 0.3 is 0 Å². The summed E-state index contributed by atoms with van der Waals surface area (Å²) in [6, 6.07) is 12.6. The maximum atomic E-state index is 12.4. The van der Waals surface area contributed by atoms with Crippen LogP contribution in [0.2, 0.25) is 0 Å². The van der Waals surface area contributed by atoms with Gasteiger partial charge in [-0.3, -0.25) is 4.79 Å². The Balaban J connectivity index is 1.84. The molecule has 0 aliphatic rings. The molecule has 1 N–H and O–H groups in total. The number of amides is 1. The van der Waals surface area contributed by atoms with Crippen molar-refractivity contribution in [2.24, 2.45) is 0 Å². The Morgan fingerprint density at radius 2 is 2.13 bits per heavy atom. The predicted octanol–water partition coefficient (Wildman–Crippen LogP) is 4.04. The van der Waals surface area contributed by atoms with Crippen LogP contribution in [0.15, 0.2) is 53.1 Å².